The molecule has 0 spiro atoms. The molecule has 8 aromatic rings. The minimum atomic E-state index is -0.0675. The second-order valence-electron chi connectivity index (χ2n) is 13.8. The van der Waals surface area contributed by atoms with Gasteiger partial charge in [-0.1, -0.05) is 178 Å². The fourth-order valence-electron chi connectivity index (χ4n) is 7.68. The van der Waals surface area contributed by atoms with Crippen LogP contribution in [0.25, 0.3) is 77.0 Å². The summed E-state index contributed by atoms with van der Waals surface area (Å²) in [5.41, 5.74) is 9.94. The predicted octanol–water partition coefficient (Wildman–Crippen LogP) is 13.6. The number of allylic oxidation sites excluding steroid dienone is 5. The topological polar surface area (TPSA) is 0 Å². The fourth-order valence-corrected chi connectivity index (χ4v) is 7.68. The van der Waals surface area contributed by atoms with Crippen LogP contribution < -0.4 is 0 Å². The third kappa shape index (κ3) is 5.18. The highest BCUT2D eigenvalue weighted by atomic mass is 14.2. The Kier molecular flexibility index (Phi) is 6.92. The molecule has 0 N–H and O–H groups in total. The van der Waals surface area contributed by atoms with Gasteiger partial charge in [0, 0.05) is 5.41 Å². The van der Waals surface area contributed by atoms with E-state index < -0.39 is 0 Å². The lowest BCUT2D eigenvalue weighted by atomic mass is 9.81. The Morgan fingerprint density at radius 3 is 1.88 bits per heavy atom. The number of hydrogen-bond donors (Lipinski definition) is 0. The van der Waals surface area contributed by atoms with Crippen LogP contribution in [0.15, 0.2) is 176 Å². The van der Waals surface area contributed by atoms with Crippen LogP contribution in [0.5, 0.6) is 0 Å². The van der Waals surface area contributed by atoms with Crippen LogP contribution in [0.2, 0.25) is 0 Å². The van der Waals surface area contributed by atoms with Crippen molar-refractivity contribution in [1.29, 1.82) is 0 Å². The van der Waals surface area contributed by atoms with Crippen molar-refractivity contribution in [2.75, 3.05) is 0 Å². The van der Waals surface area contributed by atoms with E-state index in [0.717, 1.165) is 0 Å². The second kappa shape index (κ2) is 11.6. The maximum absolute atomic E-state index is 2.37. The highest BCUT2D eigenvalue weighted by Gasteiger charge is 2.20. The summed E-state index contributed by atoms with van der Waals surface area (Å²) in [6.45, 7) is 4.58. The molecule has 0 nitrogen and oxygen atoms in total. The van der Waals surface area contributed by atoms with Gasteiger partial charge in [0.15, 0.2) is 0 Å². The third-order valence-electron chi connectivity index (χ3n) is 10.3. The van der Waals surface area contributed by atoms with Gasteiger partial charge in [0.2, 0.25) is 0 Å². The average Bonchev–Trinajstić information content (AvgIpc) is 3.21. The van der Waals surface area contributed by atoms with Crippen molar-refractivity contribution in [2.45, 2.75) is 19.3 Å². The van der Waals surface area contributed by atoms with Gasteiger partial charge in [0.25, 0.3) is 0 Å². The van der Waals surface area contributed by atoms with Crippen LogP contribution >= 0.6 is 0 Å². The normalized spacial score (nSPS) is 14.0. The standard InChI is InChI=1S/C49H36/c1-49(2)29-28-33(12-9-13-37-11-4-8-17-47(37)49)38-23-25-41-31-39(24-26-40(41)30-38)34-18-20-36(21-19-34)46-32-42-27-22-35-10-3-5-14-43(35)48(42)45-16-7-6-15-44(45)46/h3-32H,1-2H3. The van der Waals surface area contributed by atoms with Crippen LogP contribution in [-0.4, -0.2) is 0 Å². The SMILES string of the molecule is CC1(C)C=CC(c2ccc3cc(-c4ccc(-c5cc6ccc7ccccc7c6c6ccccc56)cc4)ccc3c2)=CC=Cc2ccccc21. The van der Waals surface area contributed by atoms with Crippen LogP contribution in [0.4, 0.5) is 0 Å². The van der Waals surface area contributed by atoms with Crippen molar-refractivity contribution in [2.24, 2.45) is 0 Å². The van der Waals surface area contributed by atoms with E-state index in [0.29, 0.717) is 0 Å². The van der Waals surface area contributed by atoms with Gasteiger partial charge < -0.3 is 0 Å². The minimum Gasteiger partial charge on any atom is -0.0738 e. The van der Waals surface area contributed by atoms with E-state index in [-0.39, 0.29) is 5.41 Å². The first-order valence-electron chi connectivity index (χ1n) is 17.2. The van der Waals surface area contributed by atoms with Gasteiger partial charge in [-0.3, -0.25) is 0 Å². The van der Waals surface area contributed by atoms with E-state index in [1.165, 1.54) is 87.6 Å². The molecule has 0 unspecified atom stereocenters. The largest absolute Gasteiger partial charge is 0.0738 e. The summed E-state index contributed by atoms with van der Waals surface area (Å²) in [6.07, 6.45) is 11.3. The van der Waals surface area contributed by atoms with E-state index >= 15 is 0 Å². The molecule has 9 rings (SSSR count). The Hall–Kier alpha value is -5.98. The fraction of sp³-hybridized carbons (Fsp3) is 0.0612. The van der Waals surface area contributed by atoms with Crippen molar-refractivity contribution < 1.29 is 0 Å². The van der Waals surface area contributed by atoms with Crippen molar-refractivity contribution in [3.05, 3.63) is 193 Å². The lowest BCUT2D eigenvalue weighted by Crippen LogP contribution is -2.14. The molecule has 0 radical (unpaired) electrons. The molecule has 0 fully saturated rings. The first-order chi connectivity index (χ1) is 24.0. The summed E-state index contributed by atoms with van der Waals surface area (Å²) in [7, 11) is 0. The van der Waals surface area contributed by atoms with Gasteiger partial charge in [-0.25, -0.2) is 0 Å². The molecule has 1 aliphatic carbocycles. The Bertz CT molecular complexity index is 2660. The highest BCUT2D eigenvalue weighted by Crippen LogP contribution is 2.39. The second-order valence-corrected chi connectivity index (χ2v) is 13.8. The van der Waals surface area contributed by atoms with Gasteiger partial charge in [-0.05, 0) is 106 Å². The monoisotopic (exact) mass is 624 g/mol. The maximum atomic E-state index is 2.37. The van der Waals surface area contributed by atoms with Gasteiger partial charge in [0.05, 0.1) is 0 Å². The van der Waals surface area contributed by atoms with Crippen molar-refractivity contribution in [3.63, 3.8) is 0 Å². The van der Waals surface area contributed by atoms with Crippen molar-refractivity contribution >= 4 is 54.7 Å². The first-order valence-corrected chi connectivity index (χ1v) is 17.2. The molecule has 8 aromatic carbocycles. The van der Waals surface area contributed by atoms with Crippen LogP contribution in [0.1, 0.15) is 30.5 Å². The maximum Gasteiger partial charge on any atom is 0.00845 e. The van der Waals surface area contributed by atoms with E-state index in [4.69, 9.17) is 0 Å². The summed E-state index contributed by atoms with van der Waals surface area (Å²) in [5.74, 6) is 0. The summed E-state index contributed by atoms with van der Waals surface area (Å²) in [5, 5.41) is 10.3. The Morgan fingerprint density at radius 2 is 1.04 bits per heavy atom. The molecule has 0 saturated heterocycles. The van der Waals surface area contributed by atoms with Gasteiger partial charge in [0.1, 0.15) is 0 Å². The van der Waals surface area contributed by atoms with Gasteiger partial charge >= 0.3 is 0 Å². The first kappa shape index (κ1) is 29.2. The number of fused-ring (bicyclic) bond motifs is 7. The minimum absolute atomic E-state index is 0.0675. The Balaban J connectivity index is 1.04. The molecule has 49 heavy (non-hydrogen) atoms. The molecule has 0 aliphatic heterocycles. The summed E-state index contributed by atoms with van der Waals surface area (Å²) in [4.78, 5) is 0. The molecule has 1 aliphatic rings. The summed E-state index contributed by atoms with van der Waals surface area (Å²) >= 11 is 0. The molecule has 0 aromatic heterocycles. The van der Waals surface area contributed by atoms with E-state index in [1.807, 2.05) is 0 Å². The molecule has 0 heterocycles. The molecule has 0 amide bonds. The molecule has 0 heteroatoms. The van der Waals surface area contributed by atoms with Gasteiger partial charge in [-0.2, -0.15) is 0 Å². The zero-order valence-corrected chi connectivity index (χ0v) is 27.8. The van der Waals surface area contributed by atoms with E-state index in [1.54, 1.807) is 0 Å². The molecule has 0 saturated carbocycles. The molecule has 232 valence electrons. The summed E-state index contributed by atoms with van der Waals surface area (Å²) < 4.78 is 0. The van der Waals surface area contributed by atoms with Crippen molar-refractivity contribution in [1.82, 2.24) is 0 Å². The summed E-state index contributed by atoms with van der Waals surface area (Å²) in [6, 6.07) is 55.9. The third-order valence-corrected chi connectivity index (χ3v) is 10.3. The number of rotatable bonds is 3. The van der Waals surface area contributed by atoms with E-state index in [9.17, 15) is 0 Å². The van der Waals surface area contributed by atoms with Gasteiger partial charge in [-0.15, -0.1) is 0 Å². The Morgan fingerprint density at radius 1 is 0.429 bits per heavy atom. The quantitative estimate of drug-likeness (QED) is 0.172. The van der Waals surface area contributed by atoms with Crippen LogP contribution in [-0.2, 0) is 5.41 Å². The average molecular weight is 625 g/mol. The zero-order valence-electron chi connectivity index (χ0n) is 27.8. The number of benzene rings is 8. The molecule has 0 atom stereocenters. The Labute approximate surface area is 288 Å². The molecule has 0 bridgehead atoms. The lowest BCUT2D eigenvalue weighted by Gasteiger charge is -2.23. The van der Waals surface area contributed by atoms with Crippen molar-refractivity contribution in [3.8, 4) is 22.3 Å². The number of hydrogen-bond acceptors (Lipinski definition) is 0. The van der Waals surface area contributed by atoms with Crippen LogP contribution in [0.3, 0.4) is 0 Å². The molecular formula is C49H36. The lowest BCUT2D eigenvalue weighted by molar-refractivity contribution is 0.669. The smallest absolute Gasteiger partial charge is 0.00845 e. The zero-order chi connectivity index (χ0) is 33.0. The molecular weight excluding hydrogens is 589 g/mol. The van der Waals surface area contributed by atoms with Crippen LogP contribution in [0, 0.1) is 0 Å². The highest BCUT2D eigenvalue weighted by molar-refractivity contribution is 6.23. The van der Waals surface area contributed by atoms with E-state index in [2.05, 4.69) is 196 Å². The predicted molar refractivity (Wildman–Crippen MR) is 213 cm³/mol.